The summed E-state index contributed by atoms with van der Waals surface area (Å²) in [6.45, 7) is 8.63. The zero-order valence-corrected chi connectivity index (χ0v) is 22.0. The van der Waals surface area contributed by atoms with E-state index in [4.69, 9.17) is 4.74 Å². The molecule has 198 valence electrons. The summed E-state index contributed by atoms with van der Waals surface area (Å²) >= 11 is 0. The van der Waals surface area contributed by atoms with Gasteiger partial charge in [-0.05, 0) is 85.9 Å². The predicted molar refractivity (Wildman–Crippen MR) is 131 cm³/mol. The highest BCUT2D eigenvalue weighted by atomic mass is 16.6. The van der Waals surface area contributed by atoms with E-state index in [1.807, 2.05) is 0 Å². The number of rotatable bonds is 2. The molecule has 0 amide bonds. The van der Waals surface area contributed by atoms with Crippen molar-refractivity contribution < 1.29 is 30.3 Å². The summed E-state index contributed by atoms with van der Waals surface area (Å²) in [6.07, 6.45) is 8.13. The van der Waals surface area contributed by atoms with Crippen molar-refractivity contribution >= 4 is 0 Å². The van der Waals surface area contributed by atoms with Crippen molar-refractivity contribution in [2.45, 2.75) is 110 Å². The zero-order chi connectivity index (χ0) is 25.2. The van der Waals surface area contributed by atoms with E-state index in [2.05, 4.69) is 33.8 Å². The van der Waals surface area contributed by atoms with Gasteiger partial charge in [0.05, 0.1) is 31.5 Å². The highest BCUT2D eigenvalue weighted by Crippen LogP contribution is 2.76. The first-order valence-corrected chi connectivity index (χ1v) is 14.0. The van der Waals surface area contributed by atoms with Crippen LogP contribution in [0.15, 0.2) is 11.6 Å². The summed E-state index contributed by atoms with van der Waals surface area (Å²) in [6, 6.07) is 0. The number of aliphatic hydroxyl groups is 5. The Labute approximate surface area is 209 Å². The summed E-state index contributed by atoms with van der Waals surface area (Å²) in [5, 5.41) is 53.7. The molecule has 5 N–H and O–H groups in total. The summed E-state index contributed by atoms with van der Waals surface area (Å²) in [5.74, 6) is 0.205. The molecule has 4 saturated carbocycles. The van der Waals surface area contributed by atoms with Crippen LogP contribution in [0.5, 0.6) is 0 Å². The second-order valence-electron chi connectivity index (χ2n) is 14.7. The maximum Gasteiger partial charge on any atom is 0.160 e. The van der Waals surface area contributed by atoms with E-state index in [9.17, 15) is 25.5 Å². The summed E-state index contributed by atoms with van der Waals surface area (Å²) in [5.41, 5.74) is 0.0715. The lowest BCUT2D eigenvalue weighted by Gasteiger charge is -2.71. The molecule has 5 fully saturated rings. The van der Waals surface area contributed by atoms with Crippen LogP contribution >= 0.6 is 0 Å². The van der Waals surface area contributed by atoms with Crippen LogP contribution in [-0.2, 0) is 4.74 Å². The first-order valence-electron chi connectivity index (χ1n) is 14.0. The number of hydrogen-bond donors (Lipinski definition) is 5. The van der Waals surface area contributed by atoms with Gasteiger partial charge in [-0.15, -0.1) is 0 Å². The third-order valence-corrected chi connectivity index (χ3v) is 13.4. The molecule has 2 bridgehead atoms. The van der Waals surface area contributed by atoms with Crippen molar-refractivity contribution in [2.24, 2.45) is 44.3 Å². The Morgan fingerprint density at radius 2 is 1.66 bits per heavy atom. The molecule has 0 radical (unpaired) electrons. The second kappa shape index (κ2) is 7.33. The van der Waals surface area contributed by atoms with E-state index in [1.54, 1.807) is 5.57 Å². The molecule has 1 aliphatic heterocycles. The molecule has 1 heterocycles. The normalized spacial score (nSPS) is 58.5. The van der Waals surface area contributed by atoms with Crippen LogP contribution in [0.3, 0.4) is 0 Å². The van der Waals surface area contributed by atoms with Gasteiger partial charge in [0, 0.05) is 16.2 Å². The lowest BCUT2D eigenvalue weighted by Crippen LogP contribution is -2.69. The fourth-order valence-electron chi connectivity index (χ4n) is 11.2. The van der Waals surface area contributed by atoms with Crippen molar-refractivity contribution in [3.8, 4) is 0 Å². The minimum atomic E-state index is -1.12. The smallest absolute Gasteiger partial charge is 0.160 e. The highest BCUT2D eigenvalue weighted by Gasteiger charge is 2.71. The quantitative estimate of drug-likeness (QED) is 0.381. The standard InChI is InChI=1S/C29H46O6/c1-24-9-10-28(14-24)11-17-5-6-19-25(2)12-18(32)22(33)29(15-30,16-31)20(25)7-8-26(19,3)27(17,4)13-21(28)35-23(24)34/h5,18-23,30-34H,6-16H2,1-4H3/t18-,19-,20-,21+,22-,23+,24-,25-,26-,27-,28-/m1/s1. The van der Waals surface area contributed by atoms with Crippen LogP contribution in [0.1, 0.15) is 85.5 Å². The Bertz CT molecular complexity index is 930. The third kappa shape index (κ3) is 2.77. The first kappa shape index (κ1) is 24.8. The van der Waals surface area contributed by atoms with Gasteiger partial charge in [0.25, 0.3) is 0 Å². The Hall–Kier alpha value is -0.500. The van der Waals surface area contributed by atoms with Crippen molar-refractivity contribution in [1.82, 2.24) is 0 Å². The molecule has 11 atom stereocenters. The second-order valence-corrected chi connectivity index (χ2v) is 14.7. The average molecular weight is 491 g/mol. The number of aliphatic hydroxyl groups excluding tert-OH is 5. The predicted octanol–water partition coefficient (Wildman–Crippen LogP) is 3.15. The van der Waals surface area contributed by atoms with Crippen LogP contribution in [0.25, 0.3) is 0 Å². The fourth-order valence-corrected chi connectivity index (χ4v) is 11.2. The van der Waals surface area contributed by atoms with E-state index in [0.29, 0.717) is 6.42 Å². The Morgan fingerprint density at radius 3 is 2.34 bits per heavy atom. The van der Waals surface area contributed by atoms with Gasteiger partial charge < -0.3 is 30.3 Å². The molecule has 6 aliphatic rings. The lowest BCUT2D eigenvalue weighted by atomic mass is 9.34. The van der Waals surface area contributed by atoms with Gasteiger partial charge >= 0.3 is 0 Å². The minimum absolute atomic E-state index is 0.0315. The Balaban J connectivity index is 1.41. The molecule has 5 aliphatic carbocycles. The van der Waals surface area contributed by atoms with Gasteiger partial charge in [-0.25, -0.2) is 0 Å². The maximum absolute atomic E-state index is 11.0. The number of ether oxygens (including phenoxy) is 1. The molecule has 0 aromatic rings. The summed E-state index contributed by atoms with van der Waals surface area (Å²) < 4.78 is 6.43. The van der Waals surface area contributed by atoms with Crippen molar-refractivity contribution in [1.29, 1.82) is 0 Å². The average Bonchev–Trinajstić information content (AvgIpc) is 3.11. The van der Waals surface area contributed by atoms with Crippen molar-refractivity contribution in [3.05, 3.63) is 11.6 Å². The van der Waals surface area contributed by atoms with Crippen LogP contribution in [0.4, 0.5) is 0 Å². The van der Waals surface area contributed by atoms with Gasteiger partial charge in [-0.2, -0.15) is 0 Å². The fraction of sp³-hybridized carbons (Fsp3) is 0.931. The zero-order valence-electron chi connectivity index (χ0n) is 22.0. The molecule has 1 saturated heterocycles. The molecule has 6 heteroatoms. The van der Waals surface area contributed by atoms with E-state index < -0.39 is 23.9 Å². The molecule has 0 aromatic carbocycles. The van der Waals surface area contributed by atoms with E-state index in [-0.39, 0.29) is 58.2 Å². The maximum atomic E-state index is 11.0. The number of allylic oxidation sites excluding steroid dienone is 2. The van der Waals surface area contributed by atoms with Crippen LogP contribution in [0, 0.1) is 44.3 Å². The summed E-state index contributed by atoms with van der Waals surface area (Å²) in [7, 11) is 0. The van der Waals surface area contributed by atoms with Crippen molar-refractivity contribution in [2.75, 3.05) is 13.2 Å². The number of hydrogen-bond acceptors (Lipinski definition) is 6. The number of fused-ring (bicyclic) bond motifs is 6. The first-order chi connectivity index (χ1) is 16.3. The van der Waals surface area contributed by atoms with Gasteiger partial charge in [-0.3, -0.25) is 0 Å². The molecule has 35 heavy (non-hydrogen) atoms. The highest BCUT2D eigenvalue weighted by molar-refractivity contribution is 5.33. The van der Waals surface area contributed by atoms with E-state index >= 15 is 0 Å². The molecule has 6 rings (SSSR count). The van der Waals surface area contributed by atoms with Crippen LogP contribution in [-0.4, -0.2) is 63.3 Å². The SMILES string of the molecule is C[C@]12CC[C@@]3(CC4=CC[C@@H]5[C@@]6(C)C[C@@H](O)[C@@H](O)C(CO)(CO)[C@@H]6CC[C@@]5(C)[C@]4(C)C[C@@H]3O[C@@H]1O)C2. The molecule has 0 aromatic heterocycles. The molecule has 6 nitrogen and oxygen atoms in total. The largest absolute Gasteiger partial charge is 0.396 e. The molecule has 0 unspecified atom stereocenters. The molecular weight excluding hydrogens is 444 g/mol. The van der Waals surface area contributed by atoms with Crippen LogP contribution in [0.2, 0.25) is 0 Å². The summed E-state index contributed by atoms with van der Waals surface area (Å²) in [4.78, 5) is 0. The van der Waals surface area contributed by atoms with Crippen LogP contribution < -0.4 is 0 Å². The minimum Gasteiger partial charge on any atom is -0.396 e. The monoisotopic (exact) mass is 490 g/mol. The lowest BCUT2D eigenvalue weighted by molar-refractivity contribution is -0.279. The Morgan fingerprint density at radius 1 is 0.943 bits per heavy atom. The van der Waals surface area contributed by atoms with Gasteiger partial charge in [0.1, 0.15) is 0 Å². The van der Waals surface area contributed by atoms with Gasteiger partial charge in [0.15, 0.2) is 6.29 Å². The third-order valence-electron chi connectivity index (χ3n) is 13.4. The Kier molecular flexibility index (Phi) is 5.19. The molecule has 1 spiro atoms. The van der Waals surface area contributed by atoms with Gasteiger partial charge in [0.2, 0.25) is 0 Å². The van der Waals surface area contributed by atoms with E-state index in [0.717, 1.165) is 51.4 Å². The van der Waals surface area contributed by atoms with Gasteiger partial charge in [-0.1, -0.05) is 39.3 Å². The topological polar surface area (TPSA) is 110 Å². The van der Waals surface area contributed by atoms with Crippen molar-refractivity contribution in [3.63, 3.8) is 0 Å². The van der Waals surface area contributed by atoms with E-state index in [1.165, 1.54) is 0 Å². The molecular formula is C29H46O6.